The number of alkyl halides is 1. The molecule has 3 heterocycles. The fourth-order valence-electron chi connectivity index (χ4n) is 4.46. The zero-order valence-electron chi connectivity index (χ0n) is 20.7. The summed E-state index contributed by atoms with van der Waals surface area (Å²) in [4.78, 5) is 12.5. The molecule has 2 unspecified atom stereocenters. The third kappa shape index (κ3) is 4.58. The average Bonchev–Trinajstić information content (AvgIpc) is 2.88. The van der Waals surface area contributed by atoms with Gasteiger partial charge in [0, 0.05) is 16.6 Å². The molecule has 1 aliphatic rings. The second-order valence-electron chi connectivity index (χ2n) is 9.30. The van der Waals surface area contributed by atoms with Crippen LogP contribution in [0.1, 0.15) is 38.7 Å². The van der Waals surface area contributed by atoms with Crippen molar-refractivity contribution in [1.29, 1.82) is 0 Å². The van der Waals surface area contributed by atoms with Crippen molar-refractivity contribution in [3.8, 4) is 5.75 Å². The zero-order chi connectivity index (χ0) is 27.0. The van der Waals surface area contributed by atoms with Gasteiger partial charge in [0.05, 0.1) is 25.3 Å². The van der Waals surface area contributed by atoms with E-state index in [1.807, 2.05) is 6.92 Å². The summed E-state index contributed by atoms with van der Waals surface area (Å²) < 4.78 is 74.4. The molecule has 0 fully saturated rings. The molecular formula is C25H28F3N5O3S. The Morgan fingerprint density at radius 2 is 1.92 bits per heavy atom. The highest BCUT2D eigenvalue weighted by molar-refractivity contribution is 7.93. The summed E-state index contributed by atoms with van der Waals surface area (Å²) in [7, 11) is -2.57. The van der Waals surface area contributed by atoms with Gasteiger partial charge in [-0.15, -0.1) is 0 Å². The van der Waals surface area contributed by atoms with E-state index in [1.54, 1.807) is 0 Å². The number of ether oxygens (including phenoxy) is 1. The molecule has 0 saturated carbocycles. The molecule has 2 aromatic heterocycles. The molecule has 0 bridgehead atoms. The molecule has 3 aromatic rings. The molecule has 0 spiro atoms. The lowest BCUT2D eigenvalue weighted by Crippen LogP contribution is -2.58. The second kappa shape index (κ2) is 9.81. The molecule has 0 amide bonds. The number of nitrogens with two attached hydrogens (primary N) is 1. The maximum absolute atomic E-state index is 15.1. The summed E-state index contributed by atoms with van der Waals surface area (Å²) in [6.45, 7) is 2.11. The lowest BCUT2D eigenvalue weighted by Gasteiger charge is -2.40. The van der Waals surface area contributed by atoms with Crippen LogP contribution in [0.25, 0.3) is 10.9 Å². The number of pyridine rings is 2. The number of nitrogens with zero attached hydrogens (tertiary/aromatic N) is 3. The van der Waals surface area contributed by atoms with Crippen molar-refractivity contribution in [3.05, 3.63) is 53.9 Å². The summed E-state index contributed by atoms with van der Waals surface area (Å²) in [6, 6.07) is 5.15. The highest BCUT2D eigenvalue weighted by Gasteiger charge is 2.53. The van der Waals surface area contributed by atoms with Crippen LogP contribution in [-0.2, 0) is 15.4 Å². The van der Waals surface area contributed by atoms with Gasteiger partial charge in [-0.05, 0) is 37.6 Å². The Labute approximate surface area is 213 Å². The van der Waals surface area contributed by atoms with Crippen LogP contribution in [0.5, 0.6) is 5.75 Å². The van der Waals surface area contributed by atoms with Crippen molar-refractivity contribution in [3.63, 3.8) is 0 Å². The molecule has 1 aliphatic heterocycles. The third-order valence-corrected chi connectivity index (χ3v) is 9.48. The van der Waals surface area contributed by atoms with Crippen LogP contribution in [0.4, 0.5) is 24.7 Å². The van der Waals surface area contributed by atoms with Crippen LogP contribution in [0, 0.1) is 11.6 Å². The van der Waals surface area contributed by atoms with Crippen molar-refractivity contribution >= 4 is 38.1 Å². The largest absolute Gasteiger partial charge is 0.495 e. The van der Waals surface area contributed by atoms with Crippen LogP contribution in [0.2, 0.25) is 0 Å². The Bertz CT molecular complexity index is 1480. The third-order valence-electron chi connectivity index (χ3n) is 6.84. The van der Waals surface area contributed by atoms with E-state index in [0.29, 0.717) is 12.2 Å². The first kappa shape index (κ1) is 26.6. The number of anilines is 2. The molecule has 8 nitrogen and oxygen atoms in total. The molecular weight excluding hydrogens is 507 g/mol. The van der Waals surface area contributed by atoms with Crippen molar-refractivity contribution in [2.45, 2.75) is 43.4 Å². The Morgan fingerprint density at radius 1 is 1.16 bits per heavy atom. The summed E-state index contributed by atoms with van der Waals surface area (Å²) in [5.74, 6) is -1.95. The highest BCUT2D eigenvalue weighted by atomic mass is 32.2. The molecule has 198 valence electrons. The van der Waals surface area contributed by atoms with Crippen molar-refractivity contribution < 1.29 is 26.3 Å². The van der Waals surface area contributed by atoms with E-state index >= 15 is 4.39 Å². The van der Waals surface area contributed by atoms with E-state index in [9.17, 15) is 17.2 Å². The monoisotopic (exact) mass is 535 g/mol. The van der Waals surface area contributed by atoms with Gasteiger partial charge < -0.3 is 15.8 Å². The number of methoxy groups -OCH3 is 1. The number of nitrogens with one attached hydrogen (secondary N) is 1. The van der Waals surface area contributed by atoms with Crippen LogP contribution in [-0.4, -0.2) is 48.5 Å². The summed E-state index contributed by atoms with van der Waals surface area (Å²) in [5.41, 5.74) is 4.23. The van der Waals surface area contributed by atoms with E-state index in [4.69, 9.17) is 10.5 Å². The smallest absolute Gasteiger partial charge is 0.165 e. The lowest BCUT2D eigenvalue weighted by molar-refractivity contribution is 0.322. The highest BCUT2D eigenvalue weighted by Crippen LogP contribution is 2.41. The zero-order valence-corrected chi connectivity index (χ0v) is 21.5. The fraction of sp³-hybridized carbons (Fsp3) is 0.400. The molecule has 0 radical (unpaired) electrons. The minimum Gasteiger partial charge on any atom is -0.495 e. The summed E-state index contributed by atoms with van der Waals surface area (Å²) in [6.07, 6.45) is 3.94. The Morgan fingerprint density at radius 3 is 2.57 bits per heavy atom. The van der Waals surface area contributed by atoms with Gasteiger partial charge in [-0.25, -0.2) is 31.6 Å². The van der Waals surface area contributed by atoms with E-state index < -0.39 is 44.2 Å². The molecule has 0 saturated heterocycles. The molecule has 3 N–H and O–H groups in total. The number of unbranched alkanes of at least 4 members (excludes halogenated alkanes) is 1. The number of hydrogen-bond acceptors (Lipinski definition) is 8. The van der Waals surface area contributed by atoms with Crippen molar-refractivity contribution in [1.82, 2.24) is 9.97 Å². The number of amidine groups is 1. The van der Waals surface area contributed by atoms with Crippen LogP contribution in [0.3, 0.4) is 0 Å². The number of halogens is 3. The maximum Gasteiger partial charge on any atom is 0.165 e. The minimum atomic E-state index is -4.00. The predicted molar refractivity (Wildman–Crippen MR) is 137 cm³/mol. The SMILES string of the molecule is CCCCC1(C)C(N)=NC(CF)(c2cc(Nc3ncc(F)c4cc(OC)cnc34)ccc2F)CS1(=O)=O. The molecule has 1 aromatic carbocycles. The maximum atomic E-state index is 15.1. The lowest BCUT2D eigenvalue weighted by atomic mass is 9.91. The fourth-order valence-corrected chi connectivity index (χ4v) is 6.52. The van der Waals surface area contributed by atoms with E-state index in [2.05, 4.69) is 20.3 Å². The van der Waals surface area contributed by atoms with Gasteiger partial charge in [0.25, 0.3) is 0 Å². The molecule has 2 atom stereocenters. The predicted octanol–water partition coefficient (Wildman–Crippen LogP) is 4.56. The standard InChI is InChI=1S/C25H28F3N5O3S/c1-4-5-8-24(2)23(29)33-25(13-26,14-37(24,34)35)18-9-15(6-7-19(18)27)32-22-21-17(20(28)12-31-22)10-16(36-3)11-30-21/h6-7,9-12H,4-5,8,13-14H2,1-3H3,(H2,29,33)(H,31,32). The van der Waals surface area contributed by atoms with Crippen molar-refractivity contribution in [2.24, 2.45) is 10.7 Å². The van der Waals surface area contributed by atoms with Gasteiger partial charge >= 0.3 is 0 Å². The van der Waals surface area contributed by atoms with E-state index in [1.165, 1.54) is 38.4 Å². The van der Waals surface area contributed by atoms with Gasteiger partial charge in [0.1, 0.15) is 39.9 Å². The second-order valence-corrected chi connectivity index (χ2v) is 11.7. The van der Waals surface area contributed by atoms with E-state index in [0.717, 1.165) is 18.7 Å². The Balaban J connectivity index is 1.79. The minimum absolute atomic E-state index is 0.140. The normalized spacial score (nSPS) is 23.0. The van der Waals surface area contributed by atoms with Gasteiger partial charge in [0.15, 0.2) is 21.5 Å². The molecule has 4 rings (SSSR count). The number of benzene rings is 1. The average molecular weight is 536 g/mol. The topological polar surface area (TPSA) is 120 Å². The first-order valence-electron chi connectivity index (χ1n) is 11.7. The number of rotatable bonds is 8. The van der Waals surface area contributed by atoms with Crippen molar-refractivity contribution in [2.75, 3.05) is 24.9 Å². The van der Waals surface area contributed by atoms with Gasteiger partial charge in [0.2, 0.25) is 0 Å². The van der Waals surface area contributed by atoms with Gasteiger partial charge in [-0.3, -0.25) is 4.99 Å². The quantitative estimate of drug-likeness (QED) is 0.434. The molecule has 0 aliphatic carbocycles. The first-order valence-corrected chi connectivity index (χ1v) is 13.3. The van der Waals surface area contributed by atoms with Crippen LogP contribution >= 0.6 is 0 Å². The Kier molecular flexibility index (Phi) is 7.06. The first-order chi connectivity index (χ1) is 17.5. The van der Waals surface area contributed by atoms with E-state index in [-0.39, 0.29) is 40.2 Å². The Hall–Kier alpha value is -3.41. The number of aromatic nitrogens is 2. The number of fused-ring (bicyclic) bond motifs is 1. The van der Waals surface area contributed by atoms with Gasteiger partial charge in [-0.2, -0.15) is 0 Å². The summed E-state index contributed by atoms with van der Waals surface area (Å²) >= 11 is 0. The molecule has 37 heavy (non-hydrogen) atoms. The van der Waals surface area contributed by atoms with Crippen LogP contribution < -0.4 is 15.8 Å². The number of aliphatic imine (C=N–C) groups is 1. The van der Waals surface area contributed by atoms with Gasteiger partial charge in [-0.1, -0.05) is 19.8 Å². The number of sulfone groups is 1. The van der Waals surface area contributed by atoms with Crippen LogP contribution in [0.15, 0.2) is 41.7 Å². The summed E-state index contributed by atoms with van der Waals surface area (Å²) in [5, 5.41) is 3.08. The molecule has 12 heteroatoms. The number of hydrogen-bond donors (Lipinski definition) is 2.